The molecule has 0 bridgehead atoms. The van der Waals surface area contributed by atoms with Gasteiger partial charge in [0.15, 0.2) is 5.13 Å². The van der Waals surface area contributed by atoms with Crippen molar-refractivity contribution in [3.8, 4) is 0 Å². The summed E-state index contributed by atoms with van der Waals surface area (Å²) in [6.07, 6.45) is 1.82. The normalized spacial score (nSPS) is 10.2. The molecule has 0 N–H and O–H groups in total. The molecule has 0 amide bonds. The Morgan fingerprint density at radius 2 is 1.67 bits per heavy atom. The van der Waals surface area contributed by atoms with Crippen LogP contribution in [-0.2, 0) is 0 Å². The molecule has 0 aliphatic rings. The number of aromatic nitrogens is 1. The summed E-state index contributed by atoms with van der Waals surface area (Å²) in [5.41, 5.74) is 2.20. The van der Waals surface area contributed by atoms with Crippen LogP contribution in [0, 0.1) is 6.07 Å². The van der Waals surface area contributed by atoms with Crippen molar-refractivity contribution in [3.05, 3.63) is 72.2 Å². The molecule has 3 rings (SSSR count). The molecule has 3 heteroatoms. The Kier molecular flexibility index (Phi) is 3.07. The number of para-hydroxylation sites is 1. The van der Waals surface area contributed by atoms with E-state index in [1.165, 1.54) is 0 Å². The largest absolute Gasteiger partial charge is 0.286 e. The highest BCUT2D eigenvalue weighted by atomic mass is 32.1. The first-order chi connectivity index (χ1) is 8.95. The second-order valence-corrected chi connectivity index (χ2v) is 4.62. The van der Waals surface area contributed by atoms with Gasteiger partial charge in [0.2, 0.25) is 0 Å². The van der Waals surface area contributed by atoms with Crippen molar-refractivity contribution in [1.29, 1.82) is 0 Å². The molecule has 0 unspecified atom stereocenters. The average Bonchev–Trinajstić information content (AvgIpc) is 2.95. The van der Waals surface area contributed by atoms with Gasteiger partial charge >= 0.3 is 0 Å². The van der Waals surface area contributed by atoms with Gasteiger partial charge < -0.3 is 0 Å². The van der Waals surface area contributed by atoms with Gasteiger partial charge in [0.05, 0.1) is 0 Å². The minimum Gasteiger partial charge on any atom is -0.286 e. The summed E-state index contributed by atoms with van der Waals surface area (Å²) in [4.78, 5) is 6.54. The SMILES string of the molecule is [c]1ccc(N(c2ccccc2)c2nccs2)cc1. The molecule has 87 valence electrons. The first-order valence-corrected chi connectivity index (χ1v) is 6.54. The van der Waals surface area contributed by atoms with Gasteiger partial charge in [0.25, 0.3) is 0 Å². The number of hydrogen-bond acceptors (Lipinski definition) is 3. The van der Waals surface area contributed by atoms with Gasteiger partial charge in [-0.15, -0.1) is 11.3 Å². The molecular weight excluding hydrogens is 240 g/mol. The van der Waals surface area contributed by atoms with Crippen LogP contribution < -0.4 is 4.90 Å². The van der Waals surface area contributed by atoms with Crippen LogP contribution in [0.15, 0.2) is 66.2 Å². The van der Waals surface area contributed by atoms with Gasteiger partial charge in [0, 0.05) is 23.0 Å². The first-order valence-electron chi connectivity index (χ1n) is 5.66. The molecule has 0 spiro atoms. The van der Waals surface area contributed by atoms with E-state index in [2.05, 4.69) is 28.1 Å². The van der Waals surface area contributed by atoms with Crippen molar-refractivity contribution in [1.82, 2.24) is 4.98 Å². The number of hydrogen-bond donors (Lipinski definition) is 0. The van der Waals surface area contributed by atoms with E-state index in [0.29, 0.717) is 0 Å². The molecule has 2 nitrogen and oxygen atoms in total. The van der Waals surface area contributed by atoms with E-state index in [1.807, 2.05) is 54.0 Å². The highest BCUT2D eigenvalue weighted by Gasteiger charge is 2.13. The monoisotopic (exact) mass is 251 g/mol. The Hall–Kier alpha value is -2.13. The third-order valence-electron chi connectivity index (χ3n) is 2.58. The van der Waals surface area contributed by atoms with E-state index in [1.54, 1.807) is 11.3 Å². The predicted molar refractivity (Wildman–Crippen MR) is 75.6 cm³/mol. The van der Waals surface area contributed by atoms with Crippen LogP contribution in [0.1, 0.15) is 0 Å². The number of rotatable bonds is 3. The van der Waals surface area contributed by atoms with Gasteiger partial charge in [-0.25, -0.2) is 4.98 Å². The minimum absolute atomic E-state index is 0.965. The molecule has 0 saturated carbocycles. The third-order valence-corrected chi connectivity index (χ3v) is 3.34. The molecule has 1 aromatic heterocycles. The molecule has 1 heterocycles. The average molecular weight is 251 g/mol. The molecule has 0 aliphatic carbocycles. The maximum absolute atomic E-state index is 4.40. The number of thiazole rings is 1. The summed E-state index contributed by atoms with van der Waals surface area (Å²) in [6.45, 7) is 0. The predicted octanol–water partition coefficient (Wildman–Crippen LogP) is 4.41. The zero-order valence-electron chi connectivity index (χ0n) is 9.65. The quantitative estimate of drug-likeness (QED) is 0.685. The second kappa shape index (κ2) is 5.02. The summed E-state index contributed by atoms with van der Waals surface area (Å²) < 4.78 is 0. The van der Waals surface area contributed by atoms with Crippen molar-refractivity contribution in [3.63, 3.8) is 0 Å². The van der Waals surface area contributed by atoms with Gasteiger partial charge in [-0.2, -0.15) is 0 Å². The molecule has 1 radical (unpaired) electrons. The van der Waals surface area contributed by atoms with E-state index in [-0.39, 0.29) is 0 Å². The Bertz CT molecular complexity index is 551. The van der Waals surface area contributed by atoms with Crippen molar-refractivity contribution >= 4 is 27.8 Å². The maximum atomic E-state index is 4.40. The Labute approximate surface area is 110 Å². The lowest BCUT2D eigenvalue weighted by Crippen LogP contribution is -2.08. The zero-order valence-corrected chi connectivity index (χ0v) is 10.5. The molecule has 3 aromatic rings. The second-order valence-electron chi connectivity index (χ2n) is 3.74. The van der Waals surface area contributed by atoms with Crippen LogP contribution in [0.25, 0.3) is 0 Å². The summed E-state index contributed by atoms with van der Waals surface area (Å²) in [5.74, 6) is 0. The van der Waals surface area contributed by atoms with Gasteiger partial charge in [-0.3, -0.25) is 4.90 Å². The van der Waals surface area contributed by atoms with E-state index in [4.69, 9.17) is 0 Å². The van der Waals surface area contributed by atoms with Gasteiger partial charge in [-0.1, -0.05) is 30.3 Å². The molecule has 2 aromatic carbocycles. The fourth-order valence-electron chi connectivity index (χ4n) is 1.80. The lowest BCUT2D eigenvalue weighted by atomic mass is 10.2. The summed E-state index contributed by atoms with van der Waals surface area (Å²) in [7, 11) is 0. The fraction of sp³-hybridized carbons (Fsp3) is 0. The highest BCUT2D eigenvalue weighted by Crippen LogP contribution is 2.34. The smallest absolute Gasteiger partial charge is 0.194 e. The lowest BCUT2D eigenvalue weighted by Gasteiger charge is -2.21. The summed E-state index contributed by atoms with van der Waals surface area (Å²) >= 11 is 1.63. The Morgan fingerprint density at radius 3 is 2.33 bits per heavy atom. The Balaban J connectivity index is 2.11. The number of anilines is 3. The van der Waals surface area contributed by atoms with Crippen molar-refractivity contribution in [2.45, 2.75) is 0 Å². The molecule has 0 fully saturated rings. The summed E-state index contributed by atoms with van der Waals surface area (Å²) in [6, 6.07) is 21.2. The van der Waals surface area contributed by atoms with E-state index < -0.39 is 0 Å². The van der Waals surface area contributed by atoms with Crippen molar-refractivity contribution in [2.24, 2.45) is 0 Å². The minimum atomic E-state index is 0.965. The first kappa shape index (κ1) is 11.0. The lowest BCUT2D eigenvalue weighted by molar-refractivity contribution is 1.23. The number of nitrogens with zero attached hydrogens (tertiary/aromatic N) is 2. The van der Waals surface area contributed by atoms with Crippen molar-refractivity contribution < 1.29 is 0 Å². The van der Waals surface area contributed by atoms with Crippen molar-refractivity contribution in [2.75, 3.05) is 4.90 Å². The van der Waals surface area contributed by atoms with Crippen LogP contribution in [0.2, 0.25) is 0 Å². The standard InChI is InChI=1S/C15H11N2S/c1-3-7-13(8-4-1)17(15-16-11-12-18-15)14-9-5-2-6-10-14/h1,3-12H. The van der Waals surface area contributed by atoms with E-state index in [0.717, 1.165) is 16.5 Å². The molecule has 18 heavy (non-hydrogen) atoms. The van der Waals surface area contributed by atoms with Crippen LogP contribution in [0.3, 0.4) is 0 Å². The topological polar surface area (TPSA) is 16.1 Å². The molecule has 0 aliphatic heterocycles. The van der Waals surface area contributed by atoms with Crippen LogP contribution in [0.4, 0.5) is 16.5 Å². The van der Waals surface area contributed by atoms with Gasteiger partial charge in [0.1, 0.15) is 0 Å². The van der Waals surface area contributed by atoms with Gasteiger partial charge in [-0.05, 0) is 30.3 Å². The Morgan fingerprint density at radius 1 is 0.944 bits per heavy atom. The molecule has 0 atom stereocenters. The maximum Gasteiger partial charge on any atom is 0.194 e. The third kappa shape index (κ3) is 2.13. The fourth-order valence-corrected chi connectivity index (χ4v) is 2.48. The van der Waals surface area contributed by atoms with Crippen LogP contribution in [0.5, 0.6) is 0 Å². The van der Waals surface area contributed by atoms with E-state index in [9.17, 15) is 0 Å². The molecular formula is C15H11N2S. The summed E-state index contributed by atoms with van der Waals surface area (Å²) in [5, 5.41) is 2.95. The van der Waals surface area contributed by atoms with Crippen LogP contribution >= 0.6 is 11.3 Å². The molecule has 0 saturated heterocycles. The van der Waals surface area contributed by atoms with E-state index >= 15 is 0 Å². The number of benzene rings is 2. The highest BCUT2D eigenvalue weighted by molar-refractivity contribution is 7.13. The van der Waals surface area contributed by atoms with Crippen LogP contribution in [-0.4, -0.2) is 4.98 Å². The zero-order chi connectivity index (χ0) is 12.2.